The molecule has 0 bridgehead atoms. The molecular weight excluding hydrogens is 396 g/mol. The molecule has 0 saturated carbocycles. The van der Waals surface area contributed by atoms with Crippen molar-refractivity contribution in [1.29, 1.82) is 0 Å². The van der Waals surface area contributed by atoms with Crippen molar-refractivity contribution in [2.45, 2.75) is 26.8 Å². The van der Waals surface area contributed by atoms with E-state index in [1.165, 1.54) is 16.2 Å². The molecule has 4 aromatic rings. The number of fused-ring (bicyclic) bond motifs is 1. The van der Waals surface area contributed by atoms with Gasteiger partial charge in [-0.1, -0.05) is 30.3 Å². The molecular formula is C22H22N6O3. The summed E-state index contributed by atoms with van der Waals surface area (Å²) in [6.45, 7) is 3.88. The first-order valence-corrected chi connectivity index (χ1v) is 9.76. The summed E-state index contributed by atoms with van der Waals surface area (Å²) in [5, 5.41) is 4.52. The summed E-state index contributed by atoms with van der Waals surface area (Å²) in [6, 6.07) is 13.4. The minimum atomic E-state index is -0.465. The fraction of sp³-hybridized carbons (Fsp3) is 0.227. The smallest absolute Gasteiger partial charge is 0.353 e. The number of hydrogen-bond donors (Lipinski definition) is 1. The number of nitrogens with two attached hydrogens (primary N) is 1. The van der Waals surface area contributed by atoms with Gasteiger partial charge in [0.25, 0.3) is 0 Å². The van der Waals surface area contributed by atoms with Gasteiger partial charge in [0.2, 0.25) is 5.95 Å². The van der Waals surface area contributed by atoms with E-state index in [1.807, 2.05) is 56.3 Å². The molecule has 9 nitrogen and oxygen atoms in total. The van der Waals surface area contributed by atoms with E-state index in [-0.39, 0.29) is 18.9 Å². The van der Waals surface area contributed by atoms with Crippen molar-refractivity contribution in [3.05, 3.63) is 64.3 Å². The Balaban J connectivity index is 2.04. The van der Waals surface area contributed by atoms with Gasteiger partial charge in [-0.05, 0) is 31.5 Å². The van der Waals surface area contributed by atoms with E-state index in [1.54, 1.807) is 0 Å². The summed E-state index contributed by atoms with van der Waals surface area (Å²) < 4.78 is 7.15. The normalized spacial score (nSPS) is 11.1. The van der Waals surface area contributed by atoms with Gasteiger partial charge >= 0.3 is 11.7 Å². The van der Waals surface area contributed by atoms with Gasteiger partial charge < -0.3 is 10.5 Å². The van der Waals surface area contributed by atoms with Gasteiger partial charge in [-0.3, -0.25) is 9.78 Å². The fourth-order valence-corrected chi connectivity index (χ4v) is 3.60. The summed E-state index contributed by atoms with van der Waals surface area (Å²) in [5.41, 5.74) is 10.7. The van der Waals surface area contributed by atoms with Crippen LogP contribution in [0.25, 0.3) is 28.0 Å². The van der Waals surface area contributed by atoms with E-state index in [9.17, 15) is 9.59 Å². The number of carbonyl (C=O) groups is 1. The second kappa shape index (κ2) is 8.02. The number of nitrogens with zero attached hydrogens (tertiary/aromatic N) is 5. The lowest BCUT2D eigenvalue weighted by atomic mass is 9.99. The molecule has 0 unspecified atom stereocenters. The Bertz CT molecular complexity index is 1320. The van der Waals surface area contributed by atoms with Crippen molar-refractivity contribution in [1.82, 2.24) is 24.1 Å². The summed E-state index contributed by atoms with van der Waals surface area (Å²) in [5.74, 6) is -0.407. The number of benzene rings is 1. The van der Waals surface area contributed by atoms with Crippen molar-refractivity contribution in [3.8, 4) is 22.4 Å². The topological polar surface area (TPSA) is 117 Å². The van der Waals surface area contributed by atoms with Crippen LogP contribution in [0.1, 0.15) is 17.8 Å². The van der Waals surface area contributed by atoms with Crippen LogP contribution in [0.2, 0.25) is 0 Å². The van der Waals surface area contributed by atoms with Gasteiger partial charge in [-0.15, -0.1) is 5.10 Å². The molecule has 0 fully saturated rings. The third kappa shape index (κ3) is 3.77. The number of nitrogen functional groups attached to an aromatic ring is 1. The van der Waals surface area contributed by atoms with Gasteiger partial charge in [-0.25, -0.2) is 18.9 Å². The number of carbonyl (C=O) groups excluding carboxylic acids is 1. The van der Waals surface area contributed by atoms with Crippen molar-refractivity contribution in [2.24, 2.45) is 0 Å². The van der Waals surface area contributed by atoms with E-state index in [0.717, 1.165) is 22.5 Å². The molecule has 9 heteroatoms. The molecule has 3 aromatic heterocycles. The molecule has 0 atom stereocenters. The van der Waals surface area contributed by atoms with E-state index >= 15 is 0 Å². The number of methoxy groups -OCH3 is 1. The van der Waals surface area contributed by atoms with E-state index in [2.05, 4.69) is 19.8 Å². The number of aromatic nitrogens is 5. The van der Waals surface area contributed by atoms with Crippen LogP contribution in [0.15, 0.2) is 47.3 Å². The molecule has 0 radical (unpaired) electrons. The maximum absolute atomic E-state index is 13.0. The van der Waals surface area contributed by atoms with Gasteiger partial charge in [0.05, 0.1) is 31.3 Å². The summed E-state index contributed by atoms with van der Waals surface area (Å²) in [7, 11) is 1.30. The summed E-state index contributed by atoms with van der Waals surface area (Å²) >= 11 is 0. The maximum Gasteiger partial charge on any atom is 0.353 e. The molecule has 3 heterocycles. The predicted octanol–water partition coefficient (Wildman–Crippen LogP) is 2.38. The standard InChI is InChI=1S/C22H22N6O3/c1-13-11-16(12-14(2)24-13)18-19(15-7-5-4-6-8-15)25-21(23)28-20(18)26-27(22(28)30)10-9-17(29)31-3/h4-8,11-12H,9-10H2,1-3H3,(H2,23,25). The minimum absolute atomic E-state index is 0.0158. The lowest BCUT2D eigenvalue weighted by molar-refractivity contribution is -0.140. The van der Waals surface area contributed by atoms with Crippen LogP contribution in [-0.2, 0) is 16.1 Å². The first kappa shape index (κ1) is 20.3. The van der Waals surface area contributed by atoms with Crippen molar-refractivity contribution in [3.63, 3.8) is 0 Å². The Hall–Kier alpha value is -4.01. The Labute approximate surface area is 178 Å². The highest BCUT2D eigenvalue weighted by molar-refractivity contribution is 5.90. The molecule has 31 heavy (non-hydrogen) atoms. The summed E-state index contributed by atoms with van der Waals surface area (Å²) in [4.78, 5) is 33.6. The monoisotopic (exact) mass is 418 g/mol. The van der Waals surface area contributed by atoms with Crippen molar-refractivity contribution in [2.75, 3.05) is 12.8 Å². The van der Waals surface area contributed by atoms with Crippen LogP contribution >= 0.6 is 0 Å². The van der Waals surface area contributed by atoms with E-state index in [4.69, 9.17) is 5.73 Å². The highest BCUT2D eigenvalue weighted by atomic mass is 16.5. The Kier molecular flexibility index (Phi) is 5.24. The first-order valence-electron chi connectivity index (χ1n) is 9.76. The zero-order chi connectivity index (χ0) is 22.1. The number of rotatable bonds is 5. The number of aryl methyl sites for hydroxylation is 3. The lowest BCUT2D eigenvalue weighted by Gasteiger charge is -2.13. The van der Waals surface area contributed by atoms with Crippen LogP contribution in [0, 0.1) is 13.8 Å². The Morgan fingerprint density at radius 3 is 2.39 bits per heavy atom. The molecule has 1 aromatic carbocycles. The molecule has 0 spiro atoms. The highest BCUT2D eigenvalue weighted by Gasteiger charge is 2.22. The SMILES string of the molecule is COC(=O)CCn1nc2c(-c3cc(C)nc(C)c3)c(-c3ccccc3)nc(N)n2c1=O. The average molecular weight is 418 g/mol. The molecule has 158 valence electrons. The second-order valence-electron chi connectivity index (χ2n) is 7.19. The van der Waals surface area contributed by atoms with Crippen LogP contribution in [0.5, 0.6) is 0 Å². The molecule has 0 saturated heterocycles. The number of anilines is 1. The molecule has 4 rings (SSSR count). The number of hydrogen-bond acceptors (Lipinski definition) is 7. The number of esters is 1. The minimum Gasteiger partial charge on any atom is -0.469 e. The second-order valence-corrected chi connectivity index (χ2v) is 7.19. The third-order valence-electron chi connectivity index (χ3n) is 4.93. The Morgan fingerprint density at radius 1 is 1.06 bits per heavy atom. The largest absolute Gasteiger partial charge is 0.469 e. The van der Waals surface area contributed by atoms with Crippen LogP contribution < -0.4 is 11.4 Å². The van der Waals surface area contributed by atoms with Gasteiger partial charge in [0.1, 0.15) is 0 Å². The molecule has 2 N–H and O–H groups in total. The molecule has 0 aliphatic heterocycles. The maximum atomic E-state index is 13.0. The van der Waals surface area contributed by atoms with Crippen LogP contribution in [0.3, 0.4) is 0 Å². The number of ether oxygens (including phenoxy) is 1. The fourth-order valence-electron chi connectivity index (χ4n) is 3.60. The molecule has 0 amide bonds. The lowest BCUT2D eigenvalue weighted by Crippen LogP contribution is -2.24. The van der Waals surface area contributed by atoms with Crippen molar-refractivity contribution >= 4 is 17.6 Å². The third-order valence-corrected chi connectivity index (χ3v) is 4.93. The first-order chi connectivity index (χ1) is 14.9. The zero-order valence-corrected chi connectivity index (χ0v) is 17.5. The molecule has 0 aliphatic carbocycles. The van der Waals surface area contributed by atoms with Crippen molar-refractivity contribution < 1.29 is 9.53 Å². The average Bonchev–Trinajstić information content (AvgIpc) is 3.08. The van der Waals surface area contributed by atoms with Gasteiger partial charge in [0, 0.05) is 17.0 Å². The van der Waals surface area contributed by atoms with Crippen LogP contribution in [0.4, 0.5) is 5.95 Å². The Morgan fingerprint density at radius 2 is 1.74 bits per heavy atom. The van der Waals surface area contributed by atoms with Gasteiger partial charge in [0.15, 0.2) is 5.65 Å². The van der Waals surface area contributed by atoms with E-state index in [0.29, 0.717) is 16.9 Å². The number of pyridine rings is 1. The highest BCUT2D eigenvalue weighted by Crippen LogP contribution is 2.34. The summed E-state index contributed by atoms with van der Waals surface area (Å²) in [6.07, 6.45) is 0.0158. The molecule has 0 aliphatic rings. The van der Waals surface area contributed by atoms with E-state index < -0.39 is 11.7 Å². The van der Waals surface area contributed by atoms with Crippen LogP contribution in [-0.4, -0.2) is 37.2 Å². The zero-order valence-electron chi connectivity index (χ0n) is 17.5. The predicted molar refractivity (Wildman–Crippen MR) is 116 cm³/mol. The van der Waals surface area contributed by atoms with Gasteiger partial charge in [-0.2, -0.15) is 0 Å². The quantitative estimate of drug-likeness (QED) is 0.495.